The molecule has 0 aliphatic heterocycles. The lowest BCUT2D eigenvalue weighted by Gasteiger charge is -2.24. The van der Waals surface area contributed by atoms with Gasteiger partial charge in [-0.1, -0.05) is 6.07 Å². The number of amides is 1. The van der Waals surface area contributed by atoms with Crippen molar-refractivity contribution >= 4 is 23.2 Å². The van der Waals surface area contributed by atoms with Crippen molar-refractivity contribution in [2.75, 3.05) is 39.2 Å². The van der Waals surface area contributed by atoms with Crippen LogP contribution in [0, 0.1) is 0 Å². The molecule has 0 heterocycles. The van der Waals surface area contributed by atoms with Gasteiger partial charge in [0.2, 0.25) is 11.7 Å². The van der Waals surface area contributed by atoms with Gasteiger partial charge in [0.15, 0.2) is 23.0 Å². The lowest BCUT2D eigenvalue weighted by Crippen LogP contribution is -2.31. The van der Waals surface area contributed by atoms with E-state index in [0.717, 1.165) is 0 Å². The van der Waals surface area contributed by atoms with Gasteiger partial charge in [-0.05, 0) is 17.7 Å². The lowest BCUT2D eigenvalue weighted by atomic mass is 10.1. The monoisotopic (exact) mass is 395 g/mol. The van der Waals surface area contributed by atoms with E-state index in [1.807, 2.05) is 0 Å². The van der Waals surface area contributed by atoms with Crippen LogP contribution in [0.1, 0.15) is 5.56 Å². The lowest BCUT2D eigenvalue weighted by molar-refractivity contribution is -0.116. The molecule has 0 aliphatic carbocycles. The quantitative estimate of drug-likeness (QED) is 0.691. The first kappa shape index (κ1) is 20.5. The summed E-state index contributed by atoms with van der Waals surface area (Å²) in [4.78, 5) is 13.9. The Morgan fingerprint density at radius 2 is 1.56 bits per heavy atom. The number of nitrogens with zero attached hydrogens (tertiary/aromatic N) is 1. The van der Waals surface area contributed by atoms with Crippen molar-refractivity contribution in [1.82, 2.24) is 0 Å². The Bertz CT molecular complexity index is 786. The Morgan fingerprint density at radius 1 is 0.963 bits per heavy atom. The molecule has 2 rings (SSSR count). The molecular weight excluding hydrogens is 374 g/mol. The molecule has 1 amide bonds. The van der Waals surface area contributed by atoms with E-state index in [4.69, 9.17) is 30.5 Å². The third-order valence-electron chi connectivity index (χ3n) is 3.96. The number of rotatable bonds is 8. The zero-order valence-corrected chi connectivity index (χ0v) is 16.4. The van der Waals surface area contributed by atoms with Gasteiger partial charge >= 0.3 is 0 Å². The van der Waals surface area contributed by atoms with E-state index < -0.39 is 0 Å². The molecule has 0 saturated carbocycles. The molecule has 1 N–H and O–H groups in total. The summed E-state index contributed by atoms with van der Waals surface area (Å²) in [6, 6.07) is 8.24. The number of phenolic OH excluding ortho intramolecular Hbond substituents is 1. The number of phenols is 1. The predicted octanol–water partition coefficient (Wildman–Crippen LogP) is 3.20. The Kier molecular flexibility index (Phi) is 7.01. The summed E-state index contributed by atoms with van der Waals surface area (Å²) in [6.07, 6.45) is 0. The number of ether oxygens (including phenoxy) is 4. The van der Waals surface area contributed by atoms with Gasteiger partial charge in [0.25, 0.3) is 0 Å². The number of alkyl halides is 1. The van der Waals surface area contributed by atoms with E-state index in [1.165, 1.54) is 39.4 Å². The maximum absolute atomic E-state index is 12.5. The van der Waals surface area contributed by atoms with E-state index >= 15 is 0 Å². The van der Waals surface area contributed by atoms with Gasteiger partial charge in [-0.25, -0.2) is 0 Å². The molecule has 2 aromatic rings. The number of anilines is 1. The molecule has 0 saturated heterocycles. The van der Waals surface area contributed by atoms with Crippen molar-refractivity contribution < 1.29 is 28.8 Å². The van der Waals surface area contributed by atoms with Crippen LogP contribution in [0.5, 0.6) is 28.7 Å². The molecule has 2 aromatic carbocycles. The summed E-state index contributed by atoms with van der Waals surface area (Å²) >= 11 is 5.80. The van der Waals surface area contributed by atoms with Crippen molar-refractivity contribution in [3.63, 3.8) is 0 Å². The highest BCUT2D eigenvalue weighted by Gasteiger charge is 2.21. The van der Waals surface area contributed by atoms with Crippen molar-refractivity contribution in [1.29, 1.82) is 0 Å². The molecule has 0 spiro atoms. The third-order valence-corrected chi connectivity index (χ3v) is 4.19. The van der Waals surface area contributed by atoms with E-state index in [2.05, 4.69) is 0 Å². The molecule has 8 heteroatoms. The average Bonchev–Trinajstić information content (AvgIpc) is 2.70. The Balaban J connectivity index is 2.48. The number of aromatic hydroxyl groups is 1. The number of carbonyl (C=O) groups excluding carboxylic acids is 1. The maximum atomic E-state index is 12.5. The van der Waals surface area contributed by atoms with Crippen LogP contribution in [-0.4, -0.2) is 45.3 Å². The second-order valence-electron chi connectivity index (χ2n) is 5.50. The number of benzene rings is 2. The first-order valence-corrected chi connectivity index (χ1v) is 8.54. The van der Waals surface area contributed by atoms with Gasteiger partial charge in [0, 0.05) is 12.1 Å². The molecule has 0 aliphatic rings. The Hall–Kier alpha value is -2.80. The molecule has 0 radical (unpaired) electrons. The minimum Gasteiger partial charge on any atom is -0.504 e. The van der Waals surface area contributed by atoms with E-state index in [-0.39, 0.29) is 24.1 Å². The van der Waals surface area contributed by atoms with Gasteiger partial charge in [-0.3, -0.25) is 4.79 Å². The minimum absolute atomic E-state index is 0.0156. The van der Waals surface area contributed by atoms with Gasteiger partial charge in [-0.15, -0.1) is 11.6 Å². The van der Waals surface area contributed by atoms with Crippen LogP contribution < -0.4 is 23.8 Å². The van der Waals surface area contributed by atoms with Gasteiger partial charge in [0.1, 0.15) is 5.88 Å². The summed E-state index contributed by atoms with van der Waals surface area (Å²) in [5, 5.41) is 9.99. The summed E-state index contributed by atoms with van der Waals surface area (Å²) in [6.45, 7) is 0.182. The zero-order chi connectivity index (χ0) is 20.0. The fraction of sp³-hybridized carbons (Fsp3) is 0.316. The molecule has 0 atom stereocenters. The predicted molar refractivity (Wildman–Crippen MR) is 103 cm³/mol. The van der Waals surface area contributed by atoms with Crippen LogP contribution in [0.2, 0.25) is 0 Å². The number of halogens is 1. The smallest absolute Gasteiger partial charge is 0.242 e. The number of hydrogen-bond donors (Lipinski definition) is 1. The Labute approximate surface area is 163 Å². The molecule has 146 valence electrons. The maximum Gasteiger partial charge on any atom is 0.242 e. The SMILES string of the molecule is COc1ccc(CN(C(=O)CCl)c2cc(OC)c(OC)c(OC)c2)cc1O. The van der Waals surface area contributed by atoms with Crippen LogP contribution in [-0.2, 0) is 11.3 Å². The standard InChI is InChI=1S/C19H22ClNO6/c1-24-15-6-5-12(7-14(15)22)11-21(18(23)10-20)13-8-16(25-2)19(27-4)17(9-13)26-3/h5-9,22H,10-11H2,1-4H3. The number of carbonyl (C=O) groups is 1. The van der Waals surface area contributed by atoms with Gasteiger partial charge in [-0.2, -0.15) is 0 Å². The van der Waals surface area contributed by atoms with Gasteiger partial charge < -0.3 is 29.0 Å². The minimum atomic E-state index is -0.318. The first-order chi connectivity index (χ1) is 13.0. The largest absolute Gasteiger partial charge is 0.504 e. The van der Waals surface area contributed by atoms with Crippen LogP contribution in [0.4, 0.5) is 5.69 Å². The fourth-order valence-corrected chi connectivity index (χ4v) is 2.78. The topological polar surface area (TPSA) is 77.5 Å². The normalized spacial score (nSPS) is 10.3. The molecule has 7 nitrogen and oxygen atoms in total. The van der Waals surface area contributed by atoms with E-state index in [1.54, 1.807) is 24.3 Å². The summed E-state index contributed by atoms with van der Waals surface area (Å²) in [5.41, 5.74) is 1.21. The molecular formula is C19H22ClNO6. The summed E-state index contributed by atoms with van der Waals surface area (Å²) < 4.78 is 21.1. The summed E-state index contributed by atoms with van der Waals surface area (Å²) in [5.74, 6) is 1.05. The zero-order valence-electron chi connectivity index (χ0n) is 15.6. The third kappa shape index (κ3) is 4.49. The van der Waals surface area contributed by atoms with Crippen molar-refractivity contribution in [3.05, 3.63) is 35.9 Å². The second kappa shape index (κ2) is 9.23. The molecule has 0 bridgehead atoms. The number of hydrogen-bond acceptors (Lipinski definition) is 6. The molecule has 0 fully saturated rings. The summed E-state index contributed by atoms with van der Waals surface area (Å²) in [7, 11) is 5.96. The highest BCUT2D eigenvalue weighted by Crippen LogP contribution is 2.41. The van der Waals surface area contributed by atoms with Crippen LogP contribution in [0.3, 0.4) is 0 Å². The highest BCUT2D eigenvalue weighted by atomic mass is 35.5. The van der Waals surface area contributed by atoms with Crippen LogP contribution in [0.25, 0.3) is 0 Å². The van der Waals surface area contributed by atoms with Crippen molar-refractivity contribution in [3.8, 4) is 28.7 Å². The Morgan fingerprint density at radius 3 is 2.00 bits per heavy atom. The van der Waals surface area contributed by atoms with Crippen LogP contribution in [0.15, 0.2) is 30.3 Å². The fourth-order valence-electron chi connectivity index (χ4n) is 2.64. The molecule has 27 heavy (non-hydrogen) atoms. The van der Waals surface area contributed by atoms with E-state index in [0.29, 0.717) is 34.2 Å². The van der Waals surface area contributed by atoms with E-state index in [9.17, 15) is 9.90 Å². The second-order valence-corrected chi connectivity index (χ2v) is 5.77. The average molecular weight is 396 g/mol. The van der Waals surface area contributed by atoms with Crippen LogP contribution >= 0.6 is 11.6 Å². The van der Waals surface area contributed by atoms with Crippen molar-refractivity contribution in [2.45, 2.75) is 6.54 Å². The molecule has 0 aromatic heterocycles. The van der Waals surface area contributed by atoms with Gasteiger partial charge in [0.05, 0.1) is 40.7 Å². The first-order valence-electron chi connectivity index (χ1n) is 8.01. The van der Waals surface area contributed by atoms with Crippen molar-refractivity contribution in [2.24, 2.45) is 0 Å². The molecule has 0 unspecified atom stereocenters. The number of methoxy groups -OCH3 is 4. The highest BCUT2D eigenvalue weighted by molar-refractivity contribution is 6.29.